The zero-order valence-electron chi connectivity index (χ0n) is 11.7. The Labute approximate surface area is 123 Å². The van der Waals surface area contributed by atoms with Crippen molar-refractivity contribution in [3.05, 3.63) is 66.6 Å². The molecule has 0 spiro atoms. The van der Waals surface area contributed by atoms with Crippen LogP contribution in [0.15, 0.2) is 61.1 Å². The molecule has 0 unspecified atom stereocenters. The molecule has 3 rings (SSSR count). The first-order chi connectivity index (χ1) is 10.2. The maximum atomic E-state index is 5.93. The molecule has 3 aromatic rings. The van der Waals surface area contributed by atoms with Crippen molar-refractivity contribution < 1.29 is 0 Å². The molecule has 3 N–H and O–H groups in total. The molecule has 0 saturated heterocycles. The van der Waals surface area contributed by atoms with Crippen molar-refractivity contribution in [1.82, 2.24) is 9.97 Å². The number of aryl methyl sites for hydroxylation is 1. The van der Waals surface area contributed by atoms with E-state index >= 15 is 0 Å². The molecule has 2 heterocycles. The van der Waals surface area contributed by atoms with Crippen LogP contribution in [0.5, 0.6) is 0 Å². The Bertz CT molecular complexity index is 754. The summed E-state index contributed by atoms with van der Waals surface area (Å²) in [6.45, 7) is 1.99. The summed E-state index contributed by atoms with van der Waals surface area (Å²) in [6.07, 6.45) is 5.38. The molecular weight excluding hydrogens is 260 g/mol. The molecule has 0 aliphatic heterocycles. The van der Waals surface area contributed by atoms with Crippen molar-refractivity contribution in [2.75, 3.05) is 11.1 Å². The van der Waals surface area contributed by atoms with Crippen LogP contribution in [0.2, 0.25) is 0 Å². The Hall–Kier alpha value is -2.88. The fourth-order valence-electron chi connectivity index (χ4n) is 2.08. The van der Waals surface area contributed by atoms with Gasteiger partial charge in [0.05, 0.1) is 0 Å². The third-order valence-electron chi connectivity index (χ3n) is 3.31. The summed E-state index contributed by atoms with van der Waals surface area (Å²) in [4.78, 5) is 8.48. The Morgan fingerprint density at radius 3 is 2.67 bits per heavy atom. The average Bonchev–Trinajstić information content (AvgIpc) is 2.52. The van der Waals surface area contributed by atoms with Crippen LogP contribution in [0.4, 0.5) is 17.2 Å². The Kier molecular flexibility index (Phi) is 3.51. The number of anilines is 3. The van der Waals surface area contributed by atoms with E-state index in [1.54, 1.807) is 12.4 Å². The van der Waals surface area contributed by atoms with Gasteiger partial charge in [-0.2, -0.15) is 0 Å². The van der Waals surface area contributed by atoms with Gasteiger partial charge in [0.25, 0.3) is 0 Å². The molecule has 4 nitrogen and oxygen atoms in total. The topological polar surface area (TPSA) is 63.8 Å². The van der Waals surface area contributed by atoms with E-state index in [4.69, 9.17) is 5.73 Å². The molecular formula is C17H16N4. The summed E-state index contributed by atoms with van der Waals surface area (Å²) in [5.74, 6) is 0.777. The van der Waals surface area contributed by atoms with Crippen LogP contribution in [-0.4, -0.2) is 9.97 Å². The van der Waals surface area contributed by atoms with Crippen molar-refractivity contribution in [2.24, 2.45) is 0 Å². The first-order valence-electron chi connectivity index (χ1n) is 6.72. The van der Waals surface area contributed by atoms with Crippen molar-refractivity contribution in [1.29, 1.82) is 0 Å². The van der Waals surface area contributed by atoms with Crippen LogP contribution >= 0.6 is 0 Å². The molecule has 0 aliphatic carbocycles. The zero-order chi connectivity index (χ0) is 14.7. The second-order valence-electron chi connectivity index (χ2n) is 4.87. The van der Waals surface area contributed by atoms with Gasteiger partial charge in [0.2, 0.25) is 0 Å². The molecule has 0 atom stereocenters. The fourth-order valence-corrected chi connectivity index (χ4v) is 2.08. The first kappa shape index (κ1) is 13.1. The highest BCUT2D eigenvalue weighted by atomic mass is 15.0. The molecule has 0 saturated carbocycles. The number of aromatic nitrogens is 2. The summed E-state index contributed by atoms with van der Waals surface area (Å²) >= 11 is 0. The van der Waals surface area contributed by atoms with E-state index in [1.807, 2.05) is 55.6 Å². The van der Waals surface area contributed by atoms with Gasteiger partial charge >= 0.3 is 0 Å². The number of rotatable bonds is 3. The Morgan fingerprint density at radius 1 is 1.00 bits per heavy atom. The van der Waals surface area contributed by atoms with E-state index in [0.717, 1.165) is 33.9 Å². The standard InChI is InChI=1S/C17H16N4/c1-12-4-5-15(10-16(12)18)21-17-9-13(6-8-20-17)14-3-2-7-19-11-14/h2-11H,18H2,1H3,(H,20,21). The Balaban J connectivity index is 1.88. The minimum absolute atomic E-state index is 0.767. The quantitative estimate of drug-likeness (QED) is 0.715. The van der Waals surface area contributed by atoms with Gasteiger partial charge in [-0.3, -0.25) is 4.98 Å². The molecule has 4 heteroatoms. The number of nitrogens with zero attached hydrogens (tertiary/aromatic N) is 2. The van der Waals surface area contributed by atoms with Gasteiger partial charge in [0.15, 0.2) is 0 Å². The SMILES string of the molecule is Cc1ccc(Nc2cc(-c3cccnc3)ccn2)cc1N. The summed E-state index contributed by atoms with van der Waals surface area (Å²) in [6, 6.07) is 13.8. The summed E-state index contributed by atoms with van der Waals surface area (Å²) in [5.41, 5.74) is 10.8. The van der Waals surface area contributed by atoms with Crippen molar-refractivity contribution in [2.45, 2.75) is 6.92 Å². The van der Waals surface area contributed by atoms with E-state index in [9.17, 15) is 0 Å². The number of pyridine rings is 2. The van der Waals surface area contributed by atoms with Crippen LogP contribution in [0.1, 0.15) is 5.56 Å². The van der Waals surface area contributed by atoms with Crippen molar-refractivity contribution >= 4 is 17.2 Å². The molecule has 0 radical (unpaired) electrons. The zero-order valence-corrected chi connectivity index (χ0v) is 11.7. The van der Waals surface area contributed by atoms with Crippen molar-refractivity contribution in [3.8, 4) is 11.1 Å². The number of hydrogen-bond acceptors (Lipinski definition) is 4. The minimum atomic E-state index is 0.767. The summed E-state index contributed by atoms with van der Waals surface area (Å²) < 4.78 is 0. The number of nitrogen functional groups attached to an aromatic ring is 1. The molecule has 0 fully saturated rings. The molecule has 1 aromatic carbocycles. The monoisotopic (exact) mass is 276 g/mol. The van der Waals surface area contributed by atoms with Gasteiger partial charge in [-0.25, -0.2) is 4.98 Å². The molecule has 0 bridgehead atoms. The lowest BCUT2D eigenvalue weighted by Crippen LogP contribution is -1.96. The lowest BCUT2D eigenvalue weighted by Gasteiger charge is -2.09. The third-order valence-corrected chi connectivity index (χ3v) is 3.31. The molecule has 21 heavy (non-hydrogen) atoms. The van der Waals surface area contributed by atoms with Crippen LogP contribution in [-0.2, 0) is 0 Å². The normalized spacial score (nSPS) is 10.3. The second kappa shape index (κ2) is 5.63. The second-order valence-corrected chi connectivity index (χ2v) is 4.87. The van der Waals surface area contributed by atoms with Gasteiger partial charge < -0.3 is 11.1 Å². The van der Waals surface area contributed by atoms with Gasteiger partial charge in [-0.15, -0.1) is 0 Å². The van der Waals surface area contributed by atoms with E-state index in [0.29, 0.717) is 0 Å². The van der Waals surface area contributed by atoms with Crippen LogP contribution in [0.25, 0.3) is 11.1 Å². The highest BCUT2D eigenvalue weighted by Gasteiger charge is 2.02. The maximum absolute atomic E-state index is 5.93. The van der Waals surface area contributed by atoms with Crippen LogP contribution in [0.3, 0.4) is 0 Å². The fraction of sp³-hybridized carbons (Fsp3) is 0.0588. The van der Waals surface area contributed by atoms with E-state index < -0.39 is 0 Å². The Morgan fingerprint density at radius 2 is 1.90 bits per heavy atom. The summed E-state index contributed by atoms with van der Waals surface area (Å²) in [5, 5.41) is 3.27. The highest BCUT2D eigenvalue weighted by Crippen LogP contribution is 2.24. The number of hydrogen-bond donors (Lipinski definition) is 2. The summed E-state index contributed by atoms with van der Waals surface area (Å²) in [7, 11) is 0. The predicted octanol–water partition coefficient (Wildman–Crippen LogP) is 3.78. The van der Waals surface area contributed by atoms with Gasteiger partial charge in [-0.1, -0.05) is 12.1 Å². The van der Waals surface area contributed by atoms with Crippen LogP contribution in [0, 0.1) is 6.92 Å². The smallest absolute Gasteiger partial charge is 0.130 e. The molecule has 2 aromatic heterocycles. The molecule has 0 amide bonds. The maximum Gasteiger partial charge on any atom is 0.130 e. The molecule has 104 valence electrons. The molecule has 0 aliphatic rings. The van der Waals surface area contributed by atoms with Gasteiger partial charge in [0, 0.05) is 35.5 Å². The average molecular weight is 276 g/mol. The minimum Gasteiger partial charge on any atom is -0.398 e. The highest BCUT2D eigenvalue weighted by molar-refractivity contribution is 5.69. The first-order valence-corrected chi connectivity index (χ1v) is 6.72. The van der Waals surface area contributed by atoms with Crippen LogP contribution < -0.4 is 11.1 Å². The van der Waals surface area contributed by atoms with E-state index in [2.05, 4.69) is 15.3 Å². The lowest BCUT2D eigenvalue weighted by molar-refractivity contribution is 1.29. The number of nitrogens with one attached hydrogen (secondary N) is 1. The van der Waals surface area contributed by atoms with E-state index in [-0.39, 0.29) is 0 Å². The lowest BCUT2D eigenvalue weighted by atomic mass is 10.1. The van der Waals surface area contributed by atoms with E-state index in [1.165, 1.54) is 0 Å². The predicted molar refractivity (Wildman–Crippen MR) is 86.3 cm³/mol. The largest absolute Gasteiger partial charge is 0.398 e. The van der Waals surface area contributed by atoms with Gasteiger partial charge in [-0.05, 0) is 48.4 Å². The third kappa shape index (κ3) is 3.00. The van der Waals surface area contributed by atoms with Crippen molar-refractivity contribution in [3.63, 3.8) is 0 Å². The van der Waals surface area contributed by atoms with Gasteiger partial charge in [0.1, 0.15) is 5.82 Å². The number of nitrogens with two attached hydrogens (primary N) is 1. The number of benzene rings is 1.